The maximum Gasteiger partial charge on any atom is 3.00 e. The summed E-state index contributed by atoms with van der Waals surface area (Å²) >= 11 is 0. The van der Waals surface area contributed by atoms with E-state index in [2.05, 4.69) is 81.8 Å². The third-order valence-corrected chi connectivity index (χ3v) is 4.08. The second-order valence-electron chi connectivity index (χ2n) is 6.29. The van der Waals surface area contributed by atoms with E-state index in [1.807, 2.05) is 48.5 Å². The van der Waals surface area contributed by atoms with Crippen LogP contribution in [0.3, 0.4) is 0 Å². The molecule has 6 aromatic rings. The fraction of sp³-hybridized carbons (Fsp3) is 0. The van der Waals surface area contributed by atoms with Crippen molar-refractivity contribution in [1.82, 2.24) is 50.3 Å². The Labute approximate surface area is 205 Å². The van der Waals surface area contributed by atoms with Crippen molar-refractivity contribution in [2.75, 3.05) is 0 Å². The number of hydrogen-bond donors (Lipinski definition) is 3. The Hall–Kier alpha value is -5.03. The molecule has 0 aliphatic rings. The second-order valence-corrected chi connectivity index (χ2v) is 6.29. The van der Waals surface area contributed by atoms with Crippen molar-refractivity contribution < 1.29 is 16.8 Å². The van der Waals surface area contributed by atoms with Crippen LogP contribution in [0.4, 0.5) is 23.8 Å². The van der Waals surface area contributed by atoms with E-state index in [4.69, 9.17) is 0 Å². The van der Waals surface area contributed by atoms with E-state index in [0.717, 1.165) is 22.1 Å². The normalized spacial score (nSPS) is 11.0. The van der Waals surface area contributed by atoms with Crippen molar-refractivity contribution in [1.29, 1.82) is 0 Å². The number of H-pyrrole nitrogens is 3. The van der Waals surface area contributed by atoms with Crippen molar-refractivity contribution in [2.45, 2.75) is 0 Å². The first-order valence-electron chi connectivity index (χ1n) is 9.62. The van der Waals surface area contributed by atoms with Crippen molar-refractivity contribution in [2.24, 2.45) is 20.7 Å². The molecule has 0 aliphatic carbocycles. The number of aromatic nitrogens is 10. The number of hydrogen-bond acceptors (Lipinski definition) is 10. The topological polar surface area (TPSA) is 216 Å². The summed E-state index contributed by atoms with van der Waals surface area (Å²) in [6.07, 6.45) is 2.70. The number of nitrogens with one attached hydrogen (secondary N) is 3. The van der Waals surface area contributed by atoms with Crippen molar-refractivity contribution in [3.8, 4) is 0 Å². The summed E-state index contributed by atoms with van der Waals surface area (Å²) in [6, 6.07) is 15.2. The van der Waals surface area contributed by atoms with E-state index in [1.54, 1.807) is 0 Å². The molecular formula is C18H13CoN16. The largest absolute Gasteiger partial charge is 3.00 e. The molecule has 0 unspecified atom stereocenters. The Balaban J connectivity index is 0.000000160. The predicted molar refractivity (Wildman–Crippen MR) is 119 cm³/mol. The fourth-order valence-corrected chi connectivity index (χ4v) is 2.66. The molecule has 174 valence electrons. The maximum absolute atomic E-state index is 4.21. The van der Waals surface area contributed by atoms with Gasteiger partial charge < -0.3 is 24.9 Å². The quantitative estimate of drug-likeness (QED) is 0.216. The van der Waals surface area contributed by atoms with Crippen LogP contribution >= 0.6 is 0 Å². The number of para-hydroxylation sites is 4. The first-order valence-corrected chi connectivity index (χ1v) is 9.62. The Morgan fingerprint density at radius 3 is 1.94 bits per heavy atom. The van der Waals surface area contributed by atoms with Gasteiger partial charge in [0.2, 0.25) is 5.95 Å². The van der Waals surface area contributed by atoms with Crippen LogP contribution in [0.25, 0.3) is 32.9 Å². The zero-order valence-electron chi connectivity index (χ0n) is 17.4. The number of benzene rings is 2. The number of rotatable bonds is 6. The SMILES string of the molecule is [Co+3].c1ccc2[nH]c([N-]/N=N/c3nc[nH]n3)nc2c1.c1ccc2[nH]c([N-]/N=N/c3ncn[n-]3)nc2c1. The first-order chi connectivity index (χ1) is 16.8. The molecule has 17 heteroatoms. The number of imidazole rings is 2. The van der Waals surface area contributed by atoms with E-state index in [0.29, 0.717) is 11.9 Å². The van der Waals surface area contributed by atoms with E-state index in [-0.39, 0.29) is 28.7 Å². The molecule has 0 aliphatic heterocycles. The molecule has 2 aromatic carbocycles. The van der Waals surface area contributed by atoms with Gasteiger partial charge in [-0.05, 0) is 24.3 Å². The molecule has 0 saturated heterocycles. The Morgan fingerprint density at radius 1 is 0.771 bits per heavy atom. The van der Waals surface area contributed by atoms with Gasteiger partial charge in [-0.2, -0.15) is 15.6 Å². The first kappa shape index (κ1) is 23.1. The van der Waals surface area contributed by atoms with Crippen molar-refractivity contribution >= 4 is 45.9 Å². The van der Waals surface area contributed by atoms with Gasteiger partial charge in [-0.25, -0.2) is 20.9 Å². The molecule has 0 radical (unpaired) electrons. The molecule has 4 heterocycles. The molecule has 4 aromatic heterocycles. The van der Waals surface area contributed by atoms with Gasteiger partial charge in [0.15, 0.2) is 0 Å². The summed E-state index contributed by atoms with van der Waals surface area (Å²) in [5.41, 5.74) is 11.1. The molecular weight excluding hydrogens is 499 g/mol. The van der Waals surface area contributed by atoms with Gasteiger partial charge >= 0.3 is 16.8 Å². The molecule has 6 rings (SSSR count). The van der Waals surface area contributed by atoms with Crippen LogP contribution in [0.1, 0.15) is 0 Å². The van der Waals surface area contributed by atoms with Gasteiger partial charge in [-0.15, -0.1) is 5.10 Å². The zero-order chi connectivity index (χ0) is 23.0. The fourth-order valence-electron chi connectivity index (χ4n) is 2.66. The van der Waals surface area contributed by atoms with Gasteiger partial charge in [-0.3, -0.25) is 15.3 Å². The van der Waals surface area contributed by atoms with E-state index < -0.39 is 0 Å². The molecule has 0 atom stereocenters. The Bertz CT molecular complexity index is 1330. The number of nitrogens with zero attached hydrogens (tertiary/aromatic N) is 13. The van der Waals surface area contributed by atoms with Crippen molar-refractivity contribution in [3.05, 3.63) is 72.0 Å². The molecule has 0 fully saturated rings. The second kappa shape index (κ2) is 11.2. The van der Waals surface area contributed by atoms with Gasteiger partial charge in [0.25, 0.3) is 0 Å². The van der Waals surface area contributed by atoms with E-state index in [1.165, 1.54) is 12.7 Å². The van der Waals surface area contributed by atoms with Crippen LogP contribution in [0, 0.1) is 0 Å². The third kappa shape index (κ3) is 6.06. The minimum absolute atomic E-state index is 0. The number of aromatic amines is 3. The van der Waals surface area contributed by atoms with Gasteiger partial charge in [0.05, 0.1) is 24.2 Å². The van der Waals surface area contributed by atoms with Crippen molar-refractivity contribution in [3.63, 3.8) is 0 Å². The van der Waals surface area contributed by atoms with E-state index in [9.17, 15) is 0 Å². The molecule has 0 amide bonds. The molecule has 35 heavy (non-hydrogen) atoms. The monoisotopic (exact) mass is 512 g/mol. The summed E-state index contributed by atoms with van der Waals surface area (Å²) in [6.45, 7) is 0. The maximum atomic E-state index is 4.21. The molecule has 16 nitrogen and oxygen atoms in total. The smallest absolute Gasteiger partial charge is 0.387 e. The predicted octanol–water partition coefficient (Wildman–Crippen LogP) is 4.40. The van der Waals surface area contributed by atoms with Crippen LogP contribution in [-0.4, -0.2) is 45.2 Å². The standard InChI is InChI=1S/C9H7N8.C9H6N8.Co/c2*1-2-4-7-6(3-1)12-9(13-7)16-17-15-8-10-5-11-14-8;/h1-5H,(H2-,10,11,12,13,14,15,16);1-5H,(H-2,10,11,12,13,14,15,16);/q-1;-2;+3. The summed E-state index contributed by atoms with van der Waals surface area (Å²) in [5.74, 6) is 1.18. The summed E-state index contributed by atoms with van der Waals surface area (Å²) in [5, 5.41) is 27.8. The molecule has 0 spiro atoms. The Kier molecular flexibility index (Phi) is 7.41. The third-order valence-electron chi connectivity index (χ3n) is 4.08. The minimum Gasteiger partial charge on any atom is -0.387 e. The van der Waals surface area contributed by atoms with Gasteiger partial charge in [0, 0.05) is 22.1 Å². The van der Waals surface area contributed by atoms with Crippen LogP contribution in [0.5, 0.6) is 0 Å². The molecule has 3 N–H and O–H groups in total. The molecule has 0 saturated carbocycles. The Morgan fingerprint density at radius 2 is 1.40 bits per heavy atom. The average molecular weight is 512 g/mol. The summed E-state index contributed by atoms with van der Waals surface area (Å²) in [7, 11) is 0. The van der Waals surface area contributed by atoms with Gasteiger partial charge in [-0.1, -0.05) is 24.3 Å². The number of fused-ring (bicyclic) bond motifs is 2. The zero-order valence-corrected chi connectivity index (χ0v) is 18.5. The average Bonchev–Trinajstić information content (AvgIpc) is 3.66. The van der Waals surface area contributed by atoms with Crippen LogP contribution in [-0.2, 0) is 16.8 Å². The van der Waals surface area contributed by atoms with Crippen LogP contribution < -0.4 is 5.10 Å². The van der Waals surface area contributed by atoms with Crippen LogP contribution in [0.15, 0.2) is 81.9 Å². The molecule has 0 bridgehead atoms. The van der Waals surface area contributed by atoms with Gasteiger partial charge in [0.1, 0.15) is 6.33 Å². The summed E-state index contributed by atoms with van der Waals surface area (Å²) < 4.78 is 0. The van der Waals surface area contributed by atoms with Crippen LogP contribution in [0.2, 0.25) is 0 Å². The summed E-state index contributed by atoms with van der Waals surface area (Å²) in [4.78, 5) is 21.9. The minimum atomic E-state index is 0. The van der Waals surface area contributed by atoms with E-state index >= 15 is 0 Å².